The van der Waals surface area contributed by atoms with Crippen LogP contribution in [0.2, 0.25) is 0 Å². The molecule has 3 heterocycles. The molecule has 1 saturated heterocycles. The molecule has 0 aliphatic carbocycles. The molecule has 2 aliphatic rings. The Kier molecular flexibility index (Phi) is 3.03. The predicted molar refractivity (Wildman–Crippen MR) is 82.5 cm³/mol. The number of fused-ring (bicyclic) bond motifs is 5. The maximum Gasteiger partial charge on any atom is 0.114 e. The largest absolute Gasteiger partial charge is 0.346 e. The summed E-state index contributed by atoms with van der Waals surface area (Å²) in [7, 11) is 2.15. The lowest BCUT2D eigenvalue weighted by Crippen LogP contribution is -2.45. The molecule has 0 radical (unpaired) electrons. The molecule has 0 spiro atoms. The number of aromatic nitrogens is 1. The van der Waals surface area contributed by atoms with E-state index in [9.17, 15) is 0 Å². The van der Waals surface area contributed by atoms with Crippen molar-refractivity contribution in [3.05, 3.63) is 35.5 Å². The number of hydrogen-bond donors (Lipinski definition) is 1. The first kappa shape index (κ1) is 12.7. The van der Waals surface area contributed by atoms with Crippen LogP contribution in [0.1, 0.15) is 17.3 Å². The summed E-state index contributed by atoms with van der Waals surface area (Å²) < 4.78 is 2.31. The molecule has 2 N–H and O–H groups in total. The molecule has 0 saturated carbocycles. The van der Waals surface area contributed by atoms with Gasteiger partial charge in [0.05, 0.1) is 6.04 Å². The fourth-order valence-electron chi connectivity index (χ4n) is 3.57. The lowest BCUT2D eigenvalue weighted by Gasteiger charge is -2.36. The van der Waals surface area contributed by atoms with Crippen molar-refractivity contribution in [1.82, 2.24) is 9.63 Å². The van der Waals surface area contributed by atoms with Crippen molar-refractivity contribution in [2.45, 2.75) is 18.5 Å². The lowest BCUT2D eigenvalue weighted by atomic mass is 9.95. The smallest absolute Gasteiger partial charge is 0.114 e. The van der Waals surface area contributed by atoms with Gasteiger partial charge in [-0.2, -0.15) is 5.06 Å². The number of hydrogen-bond acceptors (Lipinski definition) is 4. The molecule has 1 aromatic heterocycles. The van der Waals surface area contributed by atoms with Crippen molar-refractivity contribution in [3.8, 4) is 0 Å². The Morgan fingerprint density at radius 3 is 3.10 bits per heavy atom. The monoisotopic (exact) mass is 289 g/mol. The zero-order valence-corrected chi connectivity index (χ0v) is 12.4. The molecule has 2 aliphatic heterocycles. The van der Waals surface area contributed by atoms with Gasteiger partial charge in [-0.3, -0.25) is 4.84 Å². The highest BCUT2D eigenvalue weighted by Gasteiger charge is 2.37. The number of nitrogens with zero attached hydrogens (tertiary/aromatic N) is 2. The SMILES string of the molecule is Cn1c2c(c3ccccc31)CCN1OCSC[C@@H](N)[C@@H]21. The highest BCUT2D eigenvalue weighted by atomic mass is 32.2. The molecule has 5 heteroatoms. The van der Waals surface area contributed by atoms with Crippen molar-refractivity contribution in [2.75, 3.05) is 18.2 Å². The molecule has 0 unspecified atom stereocenters. The normalized spacial score (nSPS) is 27.1. The van der Waals surface area contributed by atoms with E-state index in [1.54, 1.807) is 11.8 Å². The van der Waals surface area contributed by atoms with Gasteiger partial charge < -0.3 is 10.3 Å². The summed E-state index contributed by atoms with van der Waals surface area (Å²) >= 11 is 1.78. The molecule has 4 rings (SSSR count). The minimum absolute atomic E-state index is 0.115. The van der Waals surface area contributed by atoms with Crippen LogP contribution in [0.5, 0.6) is 0 Å². The van der Waals surface area contributed by atoms with Crippen molar-refractivity contribution < 1.29 is 4.84 Å². The maximum atomic E-state index is 6.44. The summed E-state index contributed by atoms with van der Waals surface area (Å²) in [6, 6.07) is 8.92. The number of para-hydroxylation sites is 1. The van der Waals surface area contributed by atoms with Crippen LogP contribution in [-0.4, -0.2) is 33.9 Å². The van der Waals surface area contributed by atoms with Crippen LogP contribution >= 0.6 is 11.8 Å². The van der Waals surface area contributed by atoms with Gasteiger partial charge in [0.15, 0.2) is 0 Å². The molecule has 2 atom stereocenters. The average Bonchev–Trinajstić information content (AvgIpc) is 2.64. The Bertz CT molecular complexity index is 654. The number of aryl methyl sites for hydroxylation is 1. The van der Waals surface area contributed by atoms with Crippen molar-refractivity contribution in [2.24, 2.45) is 12.8 Å². The second-order valence-corrected chi connectivity index (χ2v) is 6.53. The van der Waals surface area contributed by atoms with E-state index < -0.39 is 0 Å². The quantitative estimate of drug-likeness (QED) is 0.806. The Morgan fingerprint density at radius 2 is 2.20 bits per heavy atom. The van der Waals surface area contributed by atoms with Crippen LogP contribution in [0.4, 0.5) is 0 Å². The molecular formula is C15H19N3OS. The van der Waals surface area contributed by atoms with Crippen LogP contribution in [0.3, 0.4) is 0 Å². The molecule has 4 nitrogen and oxygen atoms in total. The molecule has 1 fully saturated rings. The Morgan fingerprint density at radius 1 is 1.35 bits per heavy atom. The Hall–Kier alpha value is -1.01. The fraction of sp³-hybridized carbons (Fsp3) is 0.467. The van der Waals surface area contributed by atoms with E-state index in [1.165, 1.54) is 22.2 Å². The van der Waals surface area contributed by atoms with E-state index in [1.807, 2.05) is 0 Å². The summed E-state index contributed by atoms with van der Waals surface area (Å²) in [6.07, 6.45) is 1.03. The average molecular weight is 289 g/mol. The van der Waals surface area contributed by atoms with Gasteiger partial charge in [0.25, 0.3) is 0 Å². The Balaban J connectivity index is 1.94. The summed E-state index contributed by atoms with van der Waals surface area (Å²) in [5.41, 5.74) is 10.5. The standard InChI is InChI=1S/C15H19N3OS/c1-17-13-5-3-2-4-10(13)11-6-7-18-15(14(11)17)12(16)8-20-9-19-18/h2-5,12,15H,6-9,16H2,1H3/t12-,15+/m1/s1. The van der Waals surface area contributed by atoms with Gasteiger partial charge in [-0.25, -0.2) is 0 Å². The third-order valence-corrected chi connectivity index (χ3v) is 5.34. The Labute approximate surface area is 122 Å². The van der Waals surface area contributed by atoms with E-state index >= 15 is 0 Å². The van der Waals surface area contributed by atoms with Crippen LogP contribution in [0.25, 0.3) is 10.9 Å². The van der Waals surface area contributed by atoms with Gasteiger partial charge in [0.1, 0.15) is 5.94 Å². The first-order chi connectivity index (χ1) is 9.77. The zero-order valence-electron chi connectivity index (χ0n) is 11.6. The first-order valence-electron chi connectivity index (χ1n) is 7.06. The van der Waals surface area contributed by atoms with Crippen molar-refractivity contribution >= 4 is 22.7 Å². The van der Waals surface area contributed by atoms with Gasteiger partial charge >= 0.3 is 0 Å². The molecule has 2 aromatic rings. The minimum atomic E-state index is 0.115. The van der Waals surface area contributed by atoms with Gasteiger partial charge in [0, 0.05) is 42.0 Å². The van der Waals surface area contributed by atoms with Crippen molar-refractivity contribution in [3.63, 3.8) is 0 Å². The molecule has 0 bridgehead atoms. The van der Waals surface area contributed by atoms with Crippen molar-refractivity contribution in [1.29, 1.82) is 0 Å². The third kappa shape index (κ3) is 1.74. The number of thioether (sulfide) groups is 1. The minimum Gasteiger partial charge on any atom is -0.346 e. The lowest BCUT2D eigenvalue weighted by molar-refractivity contribution is -0.176. The third-order valence-electron chi connectivity index (χ3n) is 4.45. The first-order valence-corrected chi connectivity index (χ1v) is 8.22. The van der Waals surface area contributed by atoms with Gasteiger partial charge in [-0.05, 0) is 18.1 Å². The highest BCUT2D eigenvalue weighted by Crippen LogP contribution is 2.39. The summed E-state index contributed by atoms with van der Waals surface area (Å²) in [4.78, 5) is 5.89. The van der Waals surface area contributed by atoms with Crippen LogP contribution in [0, 0.1) is 0 Å². The van der Waals surface area contributed by atoms with Crippen LogP contribution in [-0.2, 0) is 18.3 Å². The summed E-state index contributed by atoms with van der Waals surface area (Å²) in [5.74, 6) is 1.66. The van der Waals surface area contributed by atoms with E-state index in [4.69, 9.17) is 10.6 Å². The highest BCUT2D eigenvalue weighted by molar-refractivity contribution is 7.99. The zero-order chi connectivity index (χ0) is 13.7. The number of nitrogens with two attached hydrogens (primary N) is 1. The molecular weight excluding hydrogens is 270 g/mol. The second kappa shape index (κ2) is 4.77. The number of rotatable bonds is 0. The van der Waals surface area contributed by atoms with Gasteiger partial charge in [-0.1, -0.05) is 18.2 Å². The van der Waals surface area contributed by atoms with E-state index in [0.29, 0.717) is 5.94 Å². The number of hydroxylamine groups is 2. The predicted octanol–water partition coefficient (Wildman–Crippen LogP) is 2.04. The molecule has 0 amide bonds. The van der Waals surface area contributed by atoms with E-state index in [-0.39, 0.29) is 12.1 Å². The van der Waals surface area contributed by atoms with E-state index in [0.717, 1.165) is 18.7 Å². The fourth-order valence-corrected chi connectivity index (χ4v) is 4.33. The van der Waals surface area contributed by atoms with Gasteiger partial charge in [-0.15, -0.1) is 11.8 Å². The molecule has 20 heavy (non-hydrogen) atoms. The van der Waals surface area contributed by atoms with Gasteiger partial charge in [0.2, 0.25) is 0 Å². The molecule has 106 valence electrons. The number of benzene rings is 1. The van der Waals surface area contributed by atoms with Crippen LogP contribution < -0.4 is 5.73 Å². The van der Waals surface area contributed by atoms with Crippen LogP contribution in [0.15, 0.2) is 24.3 Å². The second-order valence-electron chi connectivity index (χ2n) is 5.56. The maximum absolute atomic E-state index is 6.44. The summed E-state index contributed by atoms with van der Waals surface area (Å²) in [5, 5.41) is 3.47. The summed E-state index contributed by atoms with van der Waals surface area (Å²) in [6.45, 7) is 0.930. The van der Waals surface area contributed by atoms with E-state index in [2.05, 4.69) is 40.9 Å². The molecule has 1 aromatic carbocycles. The topological polar surface area (TPSA) is 43.4 Å².